The minimum absolute atomic E-state index is 0.222. The highest BCUT2D eigenvalue weighted by Gasteiger charge is 2.14. The predicted octanol–water partition coefficient (Wildman–Crippen LogP) is 4.03. The summed E-state index contributed by atoms with van der Waals surface area (Å²) in [5, 5.41) is 2.50. The highest BCUT2D eigenvalue weighted by atomic mass is 35.5. The lowest BCUT2D eigenvalue weighted by Gasteiger charge is -2.05. The van der Waals surface area contributed by atoms with Crippen LogP contribution in [0.25, 0.3) is 0 Å². The van der Waals surface area contributed by atoms with Crippen LogP contribution in [0, 0.1) is 5.82 Å². The molecular formula is C11H7Cl2FN2OS. The zero-order valence-corrected chi connectivity index (χ0v) is 11.2. The van der Waals surface area contributed by atoms with Gasteiger partial charge in [0.2, 0.25) is 0 Å². The van der Waals surface area contributed by atoms with Crippen LogP contribution in [0.4, 0.5) is 15.8 Å². The molecule has 2 rings (SSSR count). The Morgan fingerprint density at radius 1 is 1.28 bits per heavy atom. The van der Waals surface area contributed by atoms with Gasteiger partial charge in [0, 0.05) is 11.4 Å². The number of halogens is 3. The van der Waals surface area contributed by atoms with E-state index in [0.717, 1.165) is 23.5 Å². The summed E-state index contributed by atoms with van der Waals surface area (Å²) < 4.78 is 13.8. The Bertz CT molecular complexity index is 595. The molecule has 0 saturated carbocycles. The average molecular weight is 305 g/mol. The van der Waals surface area contributed by atoms with E-state index in [1.165, 1.54) is 12.1 Å². The molecule has 0 aliphatic rings. The van der Waals surface area contributed by atoms with Crippen molar-refractivity contribution in [3.8, 4) is 0 Å². The molecule has 0 aliphatic heterocycles. The first-order chi connectivity index (χ1) is 8.45. The first-order valence-electron chi connectivity index (χ1n) is 4.78. The summed E-state index contributed by atoms with van der Waals surface area (Å²) in [6.45, 7) is 0. The molecule has 3 nitrogen and oxygen atoms in total. The molecule has 0 bridgehead atoms. The number of thiophene rings is 1. The molecule has 0 spiro atoms. The number of benzene rings is 1. The van der Waals surface area contributed by atoms with Crippen molar-refractivity contribution in [1.82, 2.24) is 0 Å². The summed E-state index contributed by atoms with van der Waals surface area (Å²) in [5.74, 6) is -0.993. The van der Waals surface area contributed by atoms with E-state index in [4.69, 9.17) is 28.9 Å². The van der Waals surface area contributed by atoms with Gasteiger partial charge in [-0.2, -0.15) is 0 Å². The van der Waals surface area contributed by atoms with Crippen molar-refractivity contribution >= 4 is 51.8 Å². The van der Waals surface area contributed by atoms with Gasteiger partial charge >= 0.3 is 0 Å². The number of carbonyl (C=O) groups is 1. The van der Waals surface area contributed by atoms with Gasteiger partial charge in [0.15, 0.2) is 0 Å². The lowest BCUT2D eigenvalue weighted by molar-refractivity contribution is 0.102. The van der Waals surface area contributed by atoms with Crippen LogP contribution in [-0.2, 0) is 0 Å². The fourth-order valence-electron chi connectivity index (χ4n) is 1.38. The molecule has 0 saturated heterocycles. The maximum absolute atomic E-state index is 13.1. The van der Waals surface area contributed by atoms with Crippen LogP contribution < -0.4 is 11.1 Å². The minimum atomic E-state index is -0.528. The number of hydrogen-bond acceptors (Lipinski definition) is 3. The Kier molecular flexibility index (Phi) is 3.75. The second-order valence-electron chi connectivity index (χ2n) is 3.47. The van der Waals surface area contributed by atoms with Crippen LogP contribution in [0.15, 0.2) is 24.3 Å². The van der Waals surface area contributed by atoms with Gasteiger partial charge in [0.25, 0.3) is 5.91 Å². The number of nitrogens with one attached hydrogen (secondary N) is 1. The van der Waals surface area contributed by atoms with Crippen molar-refractivity contribution in [3.05, 3.63) is 44.3 Å². The molecule has 0 atom stereocenters. The molecule has 2 aromatic rings. The largest absolute Gasteiger partial charge is 0.399 e. The van der Waals surface area contributed by atoms with Crippen molar-refractivity contribution in [3.63, 3.8) is 0 Å². The van der Waals surface area contributed by atoms with E-state index in [1.807, 2.05) is 0 Å². The van der Waals surface area contributed by atoms with Crippen LogP contribution in [0.5, 0.6) is 0 Å². The van der Waals surface area contributed by atoms with Crippen LogP contribution in [-0.4, -0.2) is 5.91 Å². The van der Waals surface area contributed by atoms with Crippen LogP contribution in [0.2, 0.25) is 8.67 Å². The predicted molar refractivity (Wildman–Crippen MR) is 73.1 cm³/mol. The molecule has 1 aromatic heterocycles. The zero-order valence-electron chi connectivity index (χ0n) is 8.84. The number of nitrogens with two attached hydrogens (primary N) is 1. The molecule has 0 fully saturated rings. The van der Waals surface area contributed by atoms with Crippen molar-refractivity contribution in [2.75, 3.05) is 11.1 Å². The molecule has 1 heterocycles. The van der Waals surface area contributed by atoms with Crippen molar-refractivity contribution in [2.24, 2.45) is 0 Å². The van der Waals surface area contributed by atoms with Crippen LogP contribution in [0.3, 0.4) is 0 Å². The standard InChI is InChI=1S/C11H7Cl2FN2OS/c12-9-4-8(10(13)18-9)11(17)16-7-2-5(14)1-6(15)3-7/h1-4H,15H2,(H,16,17). The van der Waals surface area contributed by atoms with Crippen LogP contribution >= 0.6 is 34.5 Å². The van der Waals surface area contributed by atoms with E-state index in [1.54, 1.807) is 0 Å². The third-order valence-electron chi connectivity index (χ3n) is 2.08. The topological polar surface area (TPSA) is 55.1 Å². The molecule has 0 radical (unpaired) electrons. The minimum Gasteiger partial charge on any atom is -0.399 e. The first-order valence-corrected chi connectivity index (χ1v) is 6.35. The number of anilines is 2. The molecule has 1 aromatic carbocycles. The fraction of sp³-hybridized carbons (Fsp3) is 0. The second-order valence-corrected chi connectivity index (χ2v) is 5.75. The Morgan fingerprint density at radius 3 is 2.56 bits per heavy atom. The normalized spacial score (nSPS) is 10.4. The molecule has 3 N–H and O–H groups in total. The summed E-state index contributed by atoms with van der Waals surface area (Å²) in [6.07, 6.45) is 0. The third-order valence-corrected chi connectivity index (χ3v) is 3.57. The first kappa shape index (κ1) is 13.1. The molecule has 94 valence electrons. The number of amides is 1. The second kappa shape index (κ2) is 5.14. The molecule has 0 unspecified atom stereocenters. The quantitative estimate of drug-likeness (QED) is 0.823. The Morgan fingerprint density at radius 2 is 2.00 bits per heavy atom. The van der Waals surface area contributed by atoms with Gasteiger partial charge in [-0.05, 0) is 24.3 Å². The number of nitrogen functional groups attached to an aromatic ring is 1. The zero-order chi connectivity index (χ0) is 13.3. The highest BCUT2D eigenvalue weighted by Crippen LogP contribution is 2.31. The van der Waals surface area contributed by atoms with E-state index in [0.29, 0.717) is 4.34 Å². The van der Waals surface area contributed by atoms with E-state index in [2.05, 4.69) is 5.32 Å². The number of hydrogen-bond donors (Lipinski definition) is 2. The van der Waals surface area contributed by atoms with Gasteiger partial charge in [0.05, 0.1) is 9.90 Å². The Balaban J connectivity index is 2.23. The van der Waals surface area contributed by atoms with E-state index in [9.17, 15) is 9.18 Å². The highest BCUT2D eigenvalue weighted by molar-refractivity contribution is 7.20. The van der Waals surface area contributed by atoms with Gasteiger partial charge in [0.1, 0.15) is 10.2 Å². The average Bonchev–Trinajstić information content (AvgIpc) is 2.56. The molecular weight excluding hydrogens is 298 g/mol. The molecule has 18 heavy (non-hydrogen) atoms. The van der Waals surface area contributed by atoms with Crippen molar-refractivity contribution in [1.29, 1.82) is 0 Å². The summed E-state index contributed by atoms with van der Waals surface area (Å²) in [7, 11) is 0. The van der Waals surface area contributed by atoms with Crippen LogP contribution in [0.1, 0.15) is 10.4 Å². The Labute approximate surface area is 116 Å². The van der Waals surface area contributed by atoms with Crippen molar-refractivity contribution in [2.45, 2.75) is 0 Å². The molecule has 1 amide bonds. The molecule has 0 aliphatic carbocycles. The summed E-state index contributed by atoms with van der Waals surface area (Å²) in [6, 6.07) is 5.22. The summed E-state index contributed by atoms with van der Waals surface area (Å²) in [4.78, 5) is 11.9. The maximum Gasteiger partial charge on any atom is 0.258 e. The van der Waals surface area contributed by atoms with Gasteiger partial charge in [-0.25, -0.2) is 4.39 Å². The van der Waals surface area contributed by atoms with E-state index >= 15 is 0 Å². The smallest absolute Gasteiger partial charge is 0.258 e. The monoisotopic (exact) mass is 304 g/mol. The summed E-state index contributed by atoms with van der Waals surface area (Å²) >= 11 is 12.7. The third kappa shape index (κ3) is 2.93. The summed E-state index contributed by atoms with van der Waals surface area (Å²) in [5.41, 5.74) is 6.20. The van der Waals surface area contributed by atoms with Gasteiger partial charge < -0.3 is 11.1 Å². The maximum atomic E-state index is 13.1. The number of rotatable bonds is 2. The Hall–Kier alpha value is -1.30. The molecule has 7 heteroatoms. The van der Waals surface area contributed by atoms with Gasteiger partial charge in [-0.3, -0.25) is 4.79 Å². The fourth-order valence-corrected chi connectivity index (χ4v) is 2.84. The van der Waals surface area contributed by atoms with E-state index < -0.39 is 11.7 Å². The van der Waals surface area contributed by atoms with Gasteiger partial charge in [-0.1, -0.05) is 23.2 Å². The SMILES string of the molecule is Nc1cc(F)cc(NC(=O)c2cc(Cl)sc2Cl)c1. The lowest BCUT2D eigenvalue weighted by atomic mass is 10.2. The number of carbonyl (C=O) groups excluding carboxylic acids is 1. The van der Waals surface area contributed by atoms with Gasteiger partial charge in [-0.15, -0.1) is 11.3 Å². The van der Waals surface area contributed by atoms with Crippen molar-refractivity contribution < 1.29 is 9.18 Å². The lowest BCUT2D eigenvalue weighted by Crippen LogP contribution is -2.11. The van der Waals surface area contributed by atoms with E-state index in [-0.39, 0.29) is 21.3 Å².